The summed E-state index contributed by atoms with van der Waals surface area (Å²) in [4.78, 5) is 34.7. The normalized spacial score (nSPS) is 18.9. The summed E-state index contributed by atoms with van der Waals surface area (Å²) in [6.45, 7) is 4.72. The Kier molecular flexibility index (Phi) is 6.71. The third kappa shape index (κ3) is 5.11. The molecule has 170 valence electrons. The van der Waals surface area contributed by atoms with Crippen molar-refractivity contribution in [1.29, 1.82) is 0 Å². The predicted octanol–water partition coefficient (Wildman–Crippen LogP) is 3.59. The number of hydrogen-bond acceptors (Lipinski definition) is 7. The second-order valence-corrected chi connectivity index (χ2v) is 9.45. The average molecular weight is 461 g/mol. The molecular formula is C25H28N6OS. The molecule has 2 saturated heterocycles. The predicted molar refractivity (Wildman–Crippen MR) is 131 cm³/mol. The minimum Gasteiger partial charge on any atom is -0.354 e. The maximum atomic E-state index is 13.4. The van der Waals surface area contributed by atoms with Crippen LogP contribution in [0, 0.1) is 5.92 Å². The molecule has 33 heavy (non-hydrogen) atoms. The molecule has 0 unspecified atom stereocenters. The van der Waals surface area contributed by atoms with Crippen molar-refractivity contribution in [3.63, 3.8) is 0 Å². The molecule has 2 aliphatic heterocycles. The van der Waals surface area contributed by atoms with Crippen LogP contribution in [-0.4, -0.2) is 65.0 Å². The third-order valence-corrected chi connectivity index (χ3v) is 7.23. The molecule has 0 saturated carbocycles. The largest absolute Gasteiger partial charge is 0.354 e. The number of nitrogens with zero attached hydrogens (tertiary/aromatic N) is 6. The molecule has 0 spiro atoms. The number of anilines is 2. The van der Waals surface area contributed by atoms with E-state index < -0.39 is 0 Å². The van der Waals surface area contributed by atoms with Gasteiger partial charge in [-0.05, 0) is 37.1 Å². The standard InChI is InChI=1S/C25H28N6OS/c32-25(30-17-15-29(16-18-30)22-10-4-5-11-26-22)20-7-6-14-31(19-20)23-24(28-13-12-27-23)33-21-8-2-1-3-9-21/h1-5,8-13,20H,6-7,14-19H2/t20-/m0/s1. The second-order valence-electron chi connectivity index (χ2n) is 8.39. The number of carbonyl (C=O) groups excluding carboxylic acids is 1. The van der Waals surface area contributed by atoms with Crippen LogP contribution in [0.5, 0.6) is 0 Å². The number of piperidine rings is 1. The second kappa shape index (κ2) is 10.2. The Morgan fingerprint density at radius 2 is 1.61 bits per heavy atom. The monoisotopic (exact) mass is 460 g/mol. The van der Waals surface area contributed by atoms with Gasteiger partial charge in [-0.2, -0.15) is 0 Å². The molecule has 4 heterocycles. The quantitative estimate of drug-likeness (QED) is 0.576. The van der Waals surface area contributed by atoms with E-state index in [4.69, 9.17) is 0 Å². The van der Waals surface area contributed by atoms with E-state index in [1.54, 1.807) is 24.2 Å². The van der Waals surface area contributed by atoms with E-state index in [0.717, 1.165) is 67.1 Å². The smallest absolute Gasteiger partial charge is 0.227 e. The Balaban J connectivity index is 1.23. The lowest BCUT2D eigenvalue weighted by Gasteiger charge is -2.39. The van der Waals surface area contributed by atoms with Crippen molar-refractivity contribution in [2.45, 2.75) is 22.8 Å². The SMILES string of the molecule is O=C([C@H]1CCCN(c2nccnc2Sc2ccccc2)C1)N1CCN(c2ccccn2)CC1. The highest BCUT2D eigenvalue weighted by Crippen LogP contribution is 2.34. The number of hydrogen-bond donors (Lipinski definition) is 0. The zero-order chi connectivity index (χ0) is 22.5. The molecule has 1 aromatic carbocycles. The molecule has 0 N–H and O–H groups in total. The summed E-state index contributed by atoms with van der Waals surface area (Å²) in [5.41, 5.74) is 0. The summed E-state index contributed by atoms with van der Waals surface area (Å²) in [5.74, 6) is 2.13. The molecule has 2 aromatic heterocycles. The fourth-order valence-electron chi connectivity index (χ4n) is 4.53. The van der Waals surface area contributed by atoms with Crippen LogP contribution in [0.25, 0.3) is 0 Å². The maximum absolute atomic E-state index is 13.4. The molecule has 3 aromatic rings. The molecule has 1 amide bonds. The number of aromatic nitrogens is 3. The minimum absolute atomic E-state index is 0.00303. The Morgan fingerprint density at radius 1 is 0.818 bits per heavy atom. The topological polar surface area (TPSA) is 65.5 Å². The Labute approximate surface area is 198 Å². The maximum Gasteiger partial charge on any atom is 0.227 e. The summed E-state index contributed by atoms with van der Waals surface area (Å²) in [6.07, 6.45) is 7.21. The van der Waals surface area contributed by atoms with E-state index in [1.807, 2.05) is 47.5 Å². The number of carbonyl (C=O) groups is 1. The van der Waals surface area contributed by atoms with Crippen LogP contribution in [0.2, 0.25) is 0 Å². The van der Waals surface area contributed by atoms with E-state index in [0.29, 0.717) is 6.54 Å². The van der Waals surface area contributed by atoms with Crippen molar-refractivity contribution in [2.24, 2.45) is 5.92 Å². The van der Waals surface area contributed by atoms with E-state index in [-0.39, 0.29) is 11.8 Å². The van der Waals surface area contributed by atoms with Crippen molar-refractivity contribution >= 4 is 29.3 Å². The van der Waals surface area contributed by atoms with Crippen LogP contribution in [0.3, 0.4) is 0 Å². The third-order valence-electron chi connectivity index (χ3n) is 6.24. The Bertz CT molecular complexity index is 1060. The zero-order valence-corrected chi connectivity index (χ0v) is 19.4. The van der Waals surface area contributed by atoms with Gasteiger partial charge in [-0.3, -0.25) is 4.79 Å². The lowest BCUT2D eigenvalue weighted by Crippen LogP contribution is -2.53. The van der Waals surface area contributed by atoms with E-state index in [1.165, 1.54) is 0 Å². The first-order valence-electron chi connectivity index (χ1n) is 11.5. The molecular weight excluding hydrogens is 432 g/mol. The summed E-state index contributed by atoms with van der Waals surface area (Å²) < 4.78 is 0. The van der Waals surface area contributed by atoms with Crippen molar-refractivity contribution < 1.29 is 4.79 Å². The molecule has 0 aliphatic carbocycles. The average Bonchev–Trinajstić information content (AvgIpc) is 2.90. The first kappa shape index (κ1) is 21.7. The first-order valence-corrected chi connectivity index (χ1v) is 12.3. The van der Waals surface area contributed by atoms with Gasteiger partial charge >= 0.3 is 0 Å². The van der Waals surface area contributed by atoms with Gasteiger partial charge in [-0.15, -0.1) is 0 Å². The molecule has 2 fully saturated rings. The van der Waals surface area contributed by atoms with Gasteiger partial charge in [0.15, 0.2) is 5.82 Å². The first-order chi connectivity index (χ1) is 16.3. The highest BCUT2D eigenvalue weighted by atomic mass is 32.2. The zero-order valence-electron chi connectivity index (χ0n) is 18.6. The van der Waals surface area contributed by atoms with Crippen molar-refractivity contribution in [2.75, 3.05) is 49.1 Å². The highest BCUT2D eigenvalue weighted by molar-refractivity contribution is 7.99. The van der Waals surface area contributed by atoms with Crippen molar-refractivity contribution in [1.82, 2.24) is 19.9 Å². The fraction of sp³-hybridized carbons (Fsp3) is 0.360. The van der Waals surface area contributed by atoms with Crippen molar-refractivity contribution in [3.8, 4) is 0 Å². The number of benzene rings is 1. The van der Waals surface area contributed by atoms with Gasteiger partial charge in [0, 0.05) is 62.8 Å². The summed E-state index contributed by atoms with van der Waals surface area (Å²) in [7, 11) is 0. The molecule has 1 atom stereocenters. The highest BCUT2D eigenvalue weighted by Gasteiger charge is 2.32. The van der Waals surface area contributed by atoms with Crippen LogP contribution in [0.15, 0.2) is 77.0 Å². The molecule has 7 nitrogen and oxygen atoms in total. The number of piperazine rings is 1. The van der Waals surface area contributed by atoms with Gasteiger partial charge in [0.2, 0.25) is 5.91 Å². The number of pyridine rings is 1. The van der Waals surface area contributed by atoms with E-state index >= 15 is 0 Å². The van der Waals surface area contributed by atoms with Crippen LogP contribution >= 0.6 is 11.8 Å². The summed E-state index contributed by atoms with van der Waals surface area (Å²) >= 11 is 1.62. The molecule has 0 bridgehead atoms. The molecule has 5 rings (SSSR count). The summed E-state index contributed by atoms with van der Waals surface area (Å²) in [6, 6.07) is 16.2. The molecule has 8 heteroatoms. The van der Waals surface area contributed by atoms with E-state index in [2.05, 4.69) is 36.9 Å². The van der Waals surface area contributed by atoms with Gasteiger partial charge in [0.05, 0.1) is 5.92 Å². The van der Waals surface area contributed by atoms with Gasteiger partial charge in [0.25, 0.3) is 0 Å². The van der Waals surface area contributed by atoms with Crippen molar-refractivity contribution in [3.05, 3.63) is 67.1 Å². The Hall–Kier alpha value is -3.13. The lowest BCUT2D eigenvalue weighted by atomic mass is 9.96. The number of amides is 1. The van der Waals surface area contributed by atoms with Crippen LogP contribution in [0.1, 0.15) is 12.8 Å². The van der Waals surface area contributed by atoms with Gasteiger partial charge in [-0.25, -0.2) is 15.0 Å². The van der Waals surface area contributed by atoms with Crippen LogP contribution < -0.4 is 9.80 Å². The Morgan fingerprint density at radius 3 is 2.39 bits per heavy atom. The molecule has 0 radical (unpaired) electrons. The summed E-state index contributed by atoms with van der Waals surface area (Å²) in [5, 5.41) is 0.890. The minimum atomic E-state index is -0.00303. The van der Waals surface area contributed by atoms with Gasteiger partial charge in [-0.1, -0.05) is 36.0 Å². The van der Waals surface area contributed by atoms with E-state index in [9.17, 15) is 4.79 Å². The molecule has 2 aliphatic rings. The van der Waals surface area contributed by atoms with Crippen LogP contribution in [-0.2, 0) is 4.79 Å². The van der Waals surface area contributed by atoms with Gasteiger partial charge in [0.1, 0.15) is 10.8 Å². The fourth-order valence-corrected chi connectivity index (χ4v) is 5.44. The van der Waals surface area contributed by atoms with Crippen LogP contribution in [0.4, 0.5) is 11.6 Å². The van der Waals surface area contributed by atoms with Gasteiger partial charge < -0.3 is 14.7 Å². The lowest BCUT2D eigenvalue weighted by molar-refractivity contribution is -0.136. The number of rotatable bonds is 5.